The third-order valence-electron chi connectivity index (χ3n) is 5.05. The molecule has 0 aliphatic rings. The first-order valence-electron chi connectivity index (χ1n) is 9.28. The third kappa shape index (κ3) is 3.99. The van der Waals surface area contributed by atoms with Crippen LogP contribution in [0.5, 0.6) is 5.75 Å². The molecule has 3 aromatic rings. The van der Waals surface area contributed by atoms with Crippen molar-refractivity contribution in [1.82, 2.24) is 9.88 Å². The molecule has 0 saturated heterocycles. The molecule has 0 atom stereocenters. The Morgan fingerprint density at radius 2 is 1.75 bits per heavy atom. The molecule has 0 aliphatic carbocycles. The van der Waals surface area contributed by atoms with Gasteiger partial charge in [-0.3, -0.25) is 14.5 Å². The van der Waals surface area contributed by atoms with E-state index in [1.807, 2.05) is 44.0 Å². The van der Waals surface area contributed by atoms with E-state index >= 15 is 0 Å². The highest BCUT2D eigenvalue weighted by Gasteiger charge is 2.20. The minimum Gasteiger partial charge on any atom is -0.497 e. The van der Waals surface area contributed by atoms with Crippen LogP contribution in [0.3, 0.4) is 0 Å². The number of hydrogen-bond acceptors (Lipinski definition) is 4. The number of H-pyrrole nitrogens is 1. The van der Waals surface area contributed by atoms with Gasteiger partial charge in [-0.1, -0.05) is 18.2 Å². The first-order chi connectivity index (χ1) is 13.3. The van der Waals surface area contributed by atoms with Crippen molar-refractivity contribution in [1.29, 1.82) is 0 Å². The Bertz CT molecular complexity index is 1050. The summed E-state index contributed by atoms with van der Waals surface area (Å²) in [6.07, 6.45) is 0. The van der Waals surface area contributed by atoms with Gasteiger partial charge in [-0.25, -0.2) is 0 Å². The largest absolute Gasteiger partial charge is 0.497 e. The summed E-state index contributed by atoms with van der Waals surface area (Å²) in [5, 5.41) is 2.26. The van der Waals surface area contributed by atoms with E-state index in [0.717, 1.165) is 33.3 Å². The maximum Gasteiger partial charge on any atom is 0.193 e. The second-order valence-electron chi connectivity index (χ2n) is 7.32. The first kappa shape index (κ1) is 19.8. The Labute approximate surface area is 165 Å². The van der Waals surface area contributed by atoms with Gasteiger partial charge in [-0.2, -0.15) is 0 Å². The van der Waals surface area contributed by atoms with Crippen molar-refractivity contribution >= 4 is 22.3 Å². The molecule has 0 fully saturated rings. The highest BCUT2D eigenvalue weighted by atomic mass is 16.5. The number of hydrogen-bond donors (Lipinski definition) is 1. The van der Waals surface area contributed by atoms with Crippen LogP contribution in [-0.2, 0) is 6.54 Å². The molecule has 0 unspecified atom stereocenters. The van der Waals surface area contributed by atoms with E-state index in [-0.39, 0.29) is 18.1 Å². The summed E-state index contributed by atoms with van der Waals surface area (Å²) < 4.78 is 5.27. The topological polar surface area (TPSA) is 62.4 Å². The standard InChI is InChI=1S/C23H26N2O3/c1-14-22(16(3)26)15(2)24-23(14)21(27)13-25(4)12-17-6-7-19-11-20(28-5)9-8-18(19)10-17/h6-11,24H,12-13H2,1-5H3. The molecule has 28 heavy (non-hydrogen) atoms. The number of carbonyl (C=O) groups excluding carboxylic acids is 2. The predicted octanol–water partition coefficient (Wildman–Crippen LogP) is 4.31. The molecule has 0 amide bonds. The van der Waals surface area contributed by atoms with E-state index in [4.69, 9.17) is 4.74 Å². The van der Waals surface area contributed by atoms with Crippen molar-refractivity contribution in [2.45, 2.75) is 27.3 Å². The Morgan fingerprint density at radius 3 is 2.39 bits per heavy atom. The Hall–Kier alpha value is -2.92. The molecule has 1 aromatic heterocycles. The maximum absolute atomic E-state index is 12.7. The van der Waals surface area contributed by atoms with Gasteiger partial charge in [0, 0.05) is 17.8 Å². The van der Waals surface area contributed by atoms with Gasteiger partial charge in [-0.15, -0.1) is 0 Å². The molecule has 1 N–H and O–H groups in total. The average Bonchev–Trinajstić information content (AvgIpc) is 2.95. The maximum atomic E-state index is 12.7. The van der Waals surface area contributed by atoms with Crippen molar-refractivity contribution in [2.24, 2.45) is 0 Å². The summed E-state index contributed by atoms with van der Waals surface area (Å²) in [5.74, 6) is 0.803. The third-order valence-corrected chi connectivity index (χ3v) is 5.05. The fraction of sp³-hybridized carbons (Fsp3) is 0.304. The molecule has 0 saturated carbocycles. The summed E-state index contributed by atoms with van der Waals surface area (Å²) in [7, 11) is 3.58. The molecule has 0 radical (unpaired) electrons. The van der Waals surface area contributed by atoms with Crippen molar-refractivity contribution in [2.75, 3.05) is 20.7 Å². The monoisotopic (exact) mass is 378 g/mol. The van der Waals surface area contributed by atoms with Gasteiger partial charge in [0.15, 0.2) is 11.6 Å². The quantitative estimate of drug-likeness (QED) is 0.622. The number of methoxy groups -OCH3 is 1. The number of Topliss-reactive ketones (excluding diaryl/α,β-unsaturated/α-hetero) is 2. The number of fused-ring (bicyclic) bond motifs is 1. The molecule has 2 aromatic carbocycles. The van der Waals surface area contributed by atoms with E-state index in [1.165, 1.54) is 6.92 Å². The van der Waals surface area contributed by atoms with Crippen LogP contribution in [0.15, 0.2) is 36.4 Å². The van der Waals surface area contributed by atoms with Gasteiger partial charge in [0.05, 0.1) is 19.3 Å². The molecule has 0 bridgehead atoms. The zero-order valence-corrected chi connectivity index (χ0v) is 17.1. The van der Waals surface area contributed by atoms with Gasteiger partial charge in [0.25, 0.3) is 0 Å². The van der Waals surface area contributed by atoms with Crippen molar-refractivity contribution in [3.63, 3.8) is 0 Å². The van der Waals surface area contributed by atoms with Gasteiger partial charge in [0.2, 0.25) is 0 Å². The molecule has 0 aliphatic heterocycles. The number of aryl methyl sites for hydroxylation is 1. The van der Waals surface area contributed by atoms with Gasteiger partial charge < -0.3 is 9.72 Å². The van der Waals surface area contributed by atoms with Gasteiger partial charge in [-0.05, 0) is 67.9 Å². The molecule has 3 rings (SSSR count). The summed E-state index contributed by atoms with van der Waals surface area (Å²) in [6, 6.07) is 12.3. The van der Waals surface area contributed by atoms with E-state index in [1.54, 1.807) is 7.11 Å². The van der Waals surface area contributed by atoms with Crippen LogP contribution in [0.1, 0.15) is 44.6 Å². The SMILES string of the molecule is COc1ccc2cc(CN(C)CC(=O)c3[nH]c(C)c(C(C)=O)c3C)ccc2c1. The van der Waals surface area contributed by atoms with E-state index in [9.17, 15) is 9.59 Å². The van der Waals surface area contributed by atoms with Crippen LogP contribution < -0.4 is 4.74 Å². The van der Waals surface area contributed by atoms with Crippen LogP contribution in [0, 0.1) is 13.8 Å². The number of aromatic amines is 1. The fourth-order valence-corrected chi connectivity index (χ4v) is 3.75. The second kappa shape index (κ2) is 7.98. The number of rotatable bonds is 7. The Morgan fingerprint density at radius 1 is 1.07 bits per heavy atom. The summed E-state index contributed by atoms with van der Waals surface area (Å²) in [4.78, 5) is 29.6. The van der Waals surface area contributed by atoms with Crippen LogP contribution in [0.25, 0.3) is 10.8 Å². The predicted molar refractivity (Wildman–Crippen MR) is 111 cm³/mol. The lowest BCUT2D eigenvalue weighted by atomic mass is 10.0. The highest BCUT2D eigenvalue weighted by molar-refractivity contribution is 6.03. The molecular weight excluding hydrogens is 352 g/mol. The van der Waals surface area contributed by atoms with Crippen LogP contribution >= 0.6 is 0 Å². The number of ketones is 2. The molecule has 1 heterocycles. The summed E-state index contributed by atoms with van der Waals surface area (Å²) in [6.45, 7) is 6.11. The van der Waals surface area contributed by atoms with Crippen LogP contribution in [0.4, 0.5) is 0 Å². The summed E-state index contributed by atoms with van der Waals surface area (Å²) >= 11 is 0. The van der Waals surface area contributed by atoms with Crippen LogP contribution in [0.2, 0.25) is 0 Å². The minimum absolute atomic E-state index is 0.0128. The van der Waals surface area contributed by atoms with Crippen LogP contribution in [-0.4, -0.2) is 42.2 Å². The second-order valence-corrected chi connectivity index (χ2v) is 7.32. The number of likely N-dealkylation sites (N-methyl/N-ethyl adjacent to an activating group) is 1. The number of benzene rings is 2. The number of nitrogens with one attached hydrogen (secondary N) is 1. The Kier molecular flexibility index (Phi) is 5.66. The number of aromatic nitrogens is 1. The fourth-order valence-electron chi connectivity index (χ4n) is 3.75. The van der Waals surface area contributed by atoms with Crippen molar-refractivity contribution < 1.29 is 14.3 Å². The Balaban J connectivity index is 1.72. The van der Waals surface area contributed by atoms with Crippen molar-refractivity contribution in [3.8, 4) is 5.75 Å². The average molecular weight is 378 g/mol. The number of ether oxygens (including phenoxy) is 1. The van der Waals surface area contributed by atoms with Gasteiger partial charge in [0.1, 0.15) is 5.75 Å². The molecule has 0 spiro atoms. The minimum atomic E-state index is -0.0218. The molecule has 5 heteroatoms. The summed E-state index contributed by atoms with van der Waals surface area (Å²) in [5.41, 5.74) is 3.77. The lowest BCUT2D eigenvalue weighted by Crippen LogP contribution is -2.26. The van der Waals surface area contributed by atoms with Gasteiger partial charge >= 0.3 is 0 Å². The first-order valence-corrected chi connectivity index (χ1v) is 9.28. The zero-order chi connectivity index (χ0) is 20.4. The normalized spacial score (nSPS) is 11.2. The van der Waals surface area contributed by atoms with E-state index in [2.05, 4.69) is 23.2 Å². The lowest BCUT2D eigenvalue weighted by Gasteiger charge is -2.16. The molecule has 146 valence electrons. The smallest absolute Gasteiger partial charge is 0.193 e. The number of nitrogens with zero attached hydrogens (tertiary/aromatic N) is 1. The zero-order valence-electron chi connectivity index (χ0n) is 17.1. The van der Waals surface area contributed by atoms with E-state index < -0.39 is 0 Å². The van der Waals surface area contributed by atoms with E-state index in [0.29, 0.717) is 17.8 Å². The molecular formula is C23H26N2O3. The molecule has 5 nitrogen and oxygen atoms in total. The lowest BCUT2D eigenvalue weighted by molar-refractivity contribution is 0.0938. The number of carbonyl (C=O) groups is 2. The highest BCUT2D eigenvalue weighted by Crippen LogP contribution is 2.23. The van der Waals surface area contributed by atoms with Crippen molar-refractivity contribution in [3.05, 3.63) is 64.5 Å².